The lowest BCUT2D eigenvalue weighted by Gasteiger charge is -2.03. The van der Waals surface area contributed by atoms with Crippen molar-refractivity contribution in [1.29, 1.82) is 0 Å². The second-order valence-electron chi connectivity index (χ2n) is 3.99. The molecule has 0 unspecified atom stereocenters. The van der Waals surface area contributed by atoms with Crippen LogP contribution in [0.25, 0.3) is 17.2 Å². The summed E-state index contributed by atoms with van der Waals surface area (Å²) in [6, 6.07) is 17.2. The Kier molecular flexibility index (Phi) is 3.21. The van der Waals surface area contributed by atoms with Gasteiger partial charge in [0.1, 0.15) is 0 Å². The van der Waals surface area contributed by atoms with Gasteiger partial charge in [-0.1, -0.05) is 60.2 Å². The second-order valence-corrected chi connectivity index (χ2v) is 3.99. The van der Waals surface area contributed by atoms with Gasteiger partial charge in [0, 0.05) is 0 Å². The second kappa shape index (κ2) is 4.80. The summed E-state index contributed by atoms with van der Waals surface area (Å²) in [6.45, 7) is 4.15. The van der Waals surface area contributed by atoms with E-state index in [2.05, 4.69) is 67.6 Å². The molecule has 0 aromatic heterocycles. The first-order chi connectivity index (χ1) is 7.79. The molecular weight excluding hydrogens is 192 g/mol. The minimum absolute atomic E-state index is 1.25. The van der Waals surface area contributed by atoms with Gasteiger partial charge in [0.25, 0.3) is 0 Å². The molecule has 0 aliphatic rings. The summed E-state index contributed by atoms with van der Waals surface area (Å²) in [5.74, 6) is 0. The van der Waals surface area contributed by atoms with E-state index in [1.165, 1.54) is 22.3 Å². The predicted molar refractivity (Wildman–Crippen MR) is 71.3 cm³/mol. The Morgan fingerprint density at radius 2 is 1.62 bits per heavy atom. The number of hydrogen-bond donors (Lipinski definition) is 0. The summed E-state index contributed by atoms with van der Waals surface area (Å²) in [7, 11) is 0. The molecular formula is C16H16. The molecule has 0 atom stereocenters. The Morgan fingerprint density at radius 3 is 2.31 bits per heavy atom. The Balaban J connectivity index is 2.40. The molecule has 0 radical (unpaired) electrons. The Morgan fingerprint density at radius 1 is 0.875 bits per heavy atom. The molecule has 0 N–H and O–H groups in total. The molecule has 0 heteroatoms. The third-order valence-corrected chi connectivity index (χ3v) is 2.63. The number of rotatable bonds is 2. The summed E-state index contributed by atoms with van der Waals surface area (Å²) in [4.78, 5) is 0. The summed E-state index contributed by atoms with van der Waals surface area (Å²) >= 11 is 0. The molecule has 2 rings (SSSR count). The van der Waals surface area contributed by atoms with Gasteiger partial charge < -0.3 is 0 Å². The van der Waals surface area contributed by atoms with E-state index in [0.29, 0.717) is 0 Å². The standard InChI is InChI=1S/C16H16/c1-3-5-14-6-4-7-16(12-14)15-10-8-13(2)9-11-15/h3-12H,1-2H3. The van der Waals surface area contributed by atoms with Crippen LogP contribution >= 0.6 is 0 Å². The summed E-state index contributed by atoms with van der Waals surface area (Å²) in [6.07, 6.45) is 4.19. The van der Waals surface area contributed by atoms with E-state index < -0.39 is 0 Å². The number of hydrogen-bond acceptors (Lipinski definition) is 0. The molecule has 2 aromatic rings. The third kappa shape index (κ3) is 2.40. The van der Waals surface area contributed by atoms with Gasteiger partial charge >= 0.3 is 0 Å². The van der Waals surface area contributed by atoms with Crippen LogP contribution in [-0.4, -0.2) is 0 Å². The molecule has 0 nitrogen and oxygen atoms in total. The van der Waals surface area contributed by atoms with Crippen LogP contribution in [0.3, 0.4) is 0 Å². The van der Waals surface area contributed by atoms with Crippen LogP contribution in [0.15, 0.2) is 54.6 Å². The zero-order valence-electron chi connectivity index (χ0n) is 9.77. The van der Waals surface area contributed by atoms with Crippen molar-refractivity contribution >= 4 is 6.08 Å². The van der Waals surface area contributed by atoms with Crippen LogP contribution in [0, 0.1) is 6.92 Å². The lowest BCUT2D eigenvalue weighted by atomic mass is 10.0. The van der Waals surface area contributed by atoms with E-state index in [1.807, 2.05) is 6.92 Å². The van der Waals surface area contributed by atoms with E-state index in [0.717, 1.165) is 0 Å². The molecule has 80 valence electrons. The molecule has 0 heterocycles. The highest BCUT2D eigenvalue weighted by Gasteiger charge is 1.97. The highest BCUT2D eigenvalue weighted by molar-refractivity contribution is 5.67. The van der Waals surface area contributed by atoms with Gasteiger partial charge in [0.05, 0.1) is 0 Å². The molecule has 0 saturated carbocycles. The van der Waals surface area contributed by atoms with Gasteiger partial charge in [-0.2, -0.15) is 0 Å². The van der Waals surface area contributed by atoms with E-state index in [-0.39, 0.29) is 0 Å². The lowest BCUT2D eigenvalue weighted by molar-refractivity contribution is 1.47. The first-order valence-corrected chi connectivity index (χ1v) is 5.59. The monoisotopic (exact) mass is 208 g/mol. The van der Waals surface area contributed by atoms with Crippen LogP contribution in [0.4, 0.5) is 0 Å². The Hall–Kier alpha value is -1.82. The van der Waals surface area contributed by atoms with Crippen LogP contribution in [-0.2, 0) is 0 Å². The maximum Gasteiger partial charge on any atom is -0.0178 e. The SMILES string of the molecule is CC=Cc1cccc(-c2ccc(C)cc2)c1. The minimum atomic E-state index is 1.25. The van der Waals surface area contributed by atoms with Crippen molar-refractivity contribution < 1.29 is 0 Å². The lowest BCUT2D eigenvalue weighted by Crippen LogP contribution is -1.79. The molecule has 0 aliphatic heterocycles. The minimum Gasteiger partial charge on any atom is -0.0871 e. The van der Waals surface area contributed by atoms with E-state index in [1.54, 1.807) is 0 Å². The maximum atomic E-state index is 2.21. The van der Waals surface area contributed by atoms with Crippen molar-refractivity contribution in [1.82, 2.24) is 0 Å². The molecule has 0 amide bonds. The van der Waals surface area contributed by atoms with E-state index >= 15 is 0 Å². The van der Waals surface area contributed by atoms with Crippen molar-refractivity contribution in [2.24, 2.45) is 0 Å². The average molecular weight is 208 g/mol. The number of benzene rings is 2. The van der Waals surface area contributed by atoms with Crippen molar-refractivity contribution in [3.8, 4) is 11.1 Å². The highest BCUT2D eigenvalue weighted by atomic mass is 14.0. The Bertz CT molecular complexity index is 490. The summed E-state index contributed by atoms with van der Waals surface area (Å²) in [5.41, 5.74) is 5.10. The van der Waals surface area contributed by atoms with Crippen LogP contribution in [0.5, 0.6) is 0 Å². The molecule has 0 spiro atoms. The number of allylic oxidation sites excluding steroid dienone is 1. The largest absolute Gasteiger partial charge is 0.0871 e. The fourth-order valence-corrected chi connectivity index (χ4v) is 1.76. The van der Waals surface area contributed by atoms with Gasteiger partial charge in [0.2, 0.25) is 0 Å². The van der Waals surface area contributed by atoms with Crippen molar-refractivity contribution in [3.63, 3.8) is 0 Å². The third-order valence-electron chi connectivity index (χ3n) is 2.63. The van der Waals surface area contributed by atoms with Gasteiger partial charge in [-0.3, -0.25) is 0 Å². The summed E-state index contributed by atoms with van der Waals surface area (Å²) < 4.78 is 0. The maximum absolute atomic E-state index is 2.21. The molecule has 0 saturated heterocycles. The topological polar surface area (TPSA) is 0 Å². The Labute approximate surface area is 97.3 Å². The van der Waals surface area contributed by atoms with E-state index in [4.69, 9.17) is 0 Å². The highest BCUT2D eigenvalue weighted by Crippen LogP contribution is 2.21. The molecule has 2 aromatic carbocycles. The zero-order chi connectivity index (χ0) is 11.4. The number of aryl methyl sites for hydroxylation is 1. The van der Waals surface area contributed by atoms with Crippen LogP contribution < -0.4 is 0 Å². The smallest absolute Gasteiger partial charge is 0.0178 e. The average Bonchev–Trinajstić information content (AvgIpc) is 2.31. The van der Waals surface area contributed by atoms with Crippen molar-refractivity contribution in [3.05, 3.63) is 65.7 Å². The van der Waals surface area contributed by atoms with Crippen molar-refractivity contribution in [2.45, 2.75) is 13.8 Å². The quantitative estimate of drug-likeness (QED) is 0.671. The van der Waals surface area contributed by atoms with Crippen molar-refractivity contribution in [2.75, 3.05) is 0 Å². The molecule has 0 aliphatic carbocycles. The van der Waals surface area contributed by atoms with Gasteiger partial charge in [-0.25, -0.2) is 0 Å². The van der Waals surface area contributed by atoms with Gasteiger partial charge in [0.15, 0.2) is 0 Å². The molecule has 0 fully saturated rings. The predicted octanol–water partition coefficient (Wildman–Crippen LogP) is 4.70. The summed E-state index contributed by atoms with van der Waals surface area (Å²) in [5, 5.41) is 0. The molecule has 16 heavy (non-hydrogen) atoms. The fourth-order valence-electron chi connectivity index (χ4n) is 1.76. The molecule has 0 bridgehead atoms. The van der Waals surface area contributed by atoms with Gasteiger partial charge in [-0.05, 0) is 36.6 Å². The van der Waals surface area contributed by atoms with Crippen LogP contribution in [0.1, 0.15) is 18.1 Å². The fraction of sp³-hybridized carbons (Fsp3) is 0.125. The van der Waals surface area contributed by atoms with Crippen LogP contribution in [0.2, 0.25) is 0 Å². The normalized spacial score (nSPS) is 10.9. The first kappa shape index (κ1) is 10.7. The van der Waals surface area contributed by atoms with E-state index in [9.17, 15) is 0 Å². The first-order valence-electron chi connectivity index (χ1n) is 5.59. The zero-order valence-corrected chi connectivity index (χ0v) is 9.77. The van der Waals surface area contributed by atoms with Gasteiger partial charge in [-0.15, -0.1) is 0 Å².